The molecular weight excluding hydrogens is 698 g/mol. The number of aromatic nitrogens is 1. The second-order valence-electron chi connectivity index (χ2n) is 13.0. The molecule has 2 heterocycles. The lowest BCUT2D eigenvalue weighted by Crippen LogP contribution is -2.58. The minimum absolute atomic E-state index is 0.0490. The molecule has 1 aliphatic heterocycles. The Bertz CT molecular complexity index is 2020. The first-order valence-corrected chi connectivity index (χ1v) is 17.5. The molecule has 4 aromatic rings. The van der Waals surface area contributed by atoms with Gasteiger partial charge in [0.2, 0.25) is 29.5 Å². The number of amides is 5. The number of fused-ring (bicyclic) bond motifs is 1. The predicted octanol–water partition coefficient (Wildman–Crippen LogP) is 2.83. The maximum absolute atomic E-state index is 14.3. The zero-order valence-electron chi connectivity index (χ0n) is 29.4. The Kier molecular flexibility index (Phi) is 12.7. The number of hydrogen-bond acceptors (Lipinski definition) is 8. The van der Waals surface area contributed by atoms with Gasteiger partial charge in [-0.1, -0.05) is 48.5 Å². The molecule has 5 rings (SSSR count). The van der Waals surface area contributed by atoms with E-state index in [-0.39, 0.29) is 31.5 Å². The lowest BCUT2D eigenvalue weighted by molar-refractivity contribution is -0.384. The van der Waals surface area contributed by atoms with E-state index in [9.17, 15) is 38.9 Å². The smallest absolute Gasteiger partial charge is 0.303 e. The van der Waals surface area contributed by atoms with Crippen molar-refractivity contribution in [2.45, 2.75) is 69.6 Å². The number of carboxylic acid groups (broad SMARTS) is 1. The SMILES string of the molecule is CC(NC(=O)CCC(=O)O)C(=O)NC(Cc1c[nH]c2ccccc12)C(=O)N1CCCC1C(=O)NC(Cc1ccccc1)C(=O)Nc1ccc([N+](=O)[O-])cc1. The Labute approximate surface area is 309 Å². The van der Waals surface area contributed by atoms with Crippen LogP contribution in [0.2, 0.25) is 0 Å². The Morgan fingerprint density at radius 1 is 0.870 bits per heavy atom. The van der Waals surface area contributed by atoms with Crippen molar-refractivity contribution in [1.29, 1.82) is 0 Å². The number of benzene rings is 3. The second-order valence-corrected chi connectivity index (χ2v) is 13.0. The molecule has 1 aromatic heterocycles. The predicted molar refractivity (Wildman–Crippen MR) is 197 cm³/mol. The van der Waals surface area contributed by atoms with Crippen molar-refractivity contribution in [3.8, 4) is 0 Å². The van der Waals surface area contributed by atoms with Gasteiger partial charge in [-0.3, -0.25) is 38.9 Å². The van der Waals surface area contributed by atoms with Gasteiger partial charge in [-0.05, 0) is 49.1 Å². The van der Waals surface area contributed by atoms with Crippen LogP contribution in [0.3, 0.4) is 0 Å². The number of non-ortho nitro benzene ring substituents is 1. The monoisotopic (exact) mass is 739 g/mol. The van der Waals surface area contributed by atoms with Crippen LogP contribution in [-0.4, -0.2) is 86.1 Å². The normalized spacial score (nSPS) is 15.4. The van der Waals surface area contributed by atoms with Gasteiger partial charge in [0, 0.05) is 60.7 Å². The molecule has 3 aromatic carbocycles. The molecule has 54 heavy (non-hydrogen) atoms. The fraction of sp³-hybridized carbons (Fsp3) is 0.316. The molecule has 1 fully saturated rings. The molecule has 0 spiro atoms. The summed E-state index contributed by atoms with van der Waals surface area (Å²) in [4.78, 5) is 93.5. The number of likely N-dealkylation sites (tertiary alicyclic amines) is 1. The standard InChI is InChI=1S/C38H41N7O9/c1-23(40-33(46)17-18-34(47)48)35(49)43-31(21-25-22-39-29-11-6-5-10-28(25)29)38(52)44-19-7-12-32(44)37(51)42-30(20-24-8-3-2-4-9-24)36(50)41-26-13-15-27(16-14-26)45(53)54/h2-6,8-11,13-16,22-23,30-32,39H,7,12,17-21H2,1H3,(H,40,46)(H,41,50)(H,42,51)(H,43,49)(H,47,48). The zero-order valence-corrected chi connectivity index (χ0v) is 29.4. The Balaban J connectivity index is 1.34. The highest BCUT2D eigenvalue weighted by Gasteiger charge is 2.39. The van der Waals surface area contributed by atoms with E-state index in [1.807, 2.05) is 30.3 Å². The van der Waals surface area contributed by atoms with Crippen molar-refractivity contribution < 1.29 is 38.8 Å². The Morgan fingerprint density at radius 2 is 1.57 bits per heavy atom. The molecule has 5 amide bonds. The first kappa shape index (κ1) is 38.6. The van der Waals surface area contributed by atoms with Crippen molar-refractivity contribution in [3.05, 3.63) is 106 Å². The van der Waals surface area contributed by atoms with E-state index in [1.165, 1.54) is 36.1 Å². The summed E-state index contributed by atoms with van der Waals surface area (Å²) in [5.41, 5.74) is 2.44. The summed E-state index contributed by atoms with van der Waals surface area (Å²) in [7, 11) is 0. The number of carbonyl (C=O) groups is 6. The van der Waals surface area contributed by atoms with Gasteiger partial charge in [-0.25, -0.2) is 0 Å². The third-order valence-electron chi connectivity index (χ3n) is 9.15. The number of anilines is 1. The number of H-pyrrole nitrogens is 1. The van der Waals surface area contributed by atoms with E-state index in [2.05, 4.69) is 26.3 Å². The highest BCUT2D eigenvalue weighted by atomic mass is 16.6. The van der Waals surface area contributed by atoms with Crippen LogP contribution in [-0.2, 0) is 41.6 Å². The Hall–Kier alpha value is -6.58. The number of hydrogen-bond donors (Lipinski definition) is 6. The number of para-hydroxylation sites is 1. The molecule has 4 unspecified atom stereocenters. The minimum Gasteiger partial charge on any atom is -0.481 e. The largest absolute Gasteiger partial charge is 0.481 e. The van der Waals surface area contributed by atoms with Crippen LogP contribution in [0.15, 0.2) is 85.1 Å². The third kappa shape index (κ3) is 10.1. The number of rotatable bonds is 16. The van der Waals surface area contributed by atoms with Crippen LogP contribution in [0.25, 0.3) is 10.9 Å². The van der Waals surface area contributed by atoms with Crippen molar-refractivity contribution in [1.82, 2.24) is 25.8 Å². The van der Waals surface area contributed by atoms with Crippen LogP contribution in [0.5, 0.6) is 0 Å². The molecule has 0 aliphatic carbocycles. The average Bonchev–Trinajstić information content (AvgIpc) is 3.82. The molecule has 1 aliphatic rings. The average molecular weight is 740 g/mol. The summed E-state index contributed by atoms with van der Waals surface area (Å²) in [6.45, 7) is 1.62. The molecule has 1 saturated heterocycles. The van der Waals surface area contributed by atoms with Gasteiger partial charge in [0.15, 0.2) is 0 Å². The summed E-state index contributed by atoms with van der Waals surface area (Å²) >= 11 is 0. The van der Waals surface area contributed by atoms with E-state index in [0.29, 0.717) is 18.5 Å². The molecule has 0 saturated carbocycles. The van der Waals surface area contributed by atoms with Crippen molar-refractivity contribution in [2.24, 2.45) is 0 Å². The number of aliphatic carboxylic acids is 1. The first-order valence-electron chi connectivity index (χ1n) is 17.5. The minimum atomic E-state index is -1.16. The van der Waals surface area contributed by atoms with E-state index in [1.54, 1.807) is 30.5 Å². The summed E-state index contributed by atoms with van der Waals surface area (Å²) in [6.07, 6.45) is 1.93. The number of nitro benzene ring substituents is 1. The van der Waals surface area contributed by atoms with Crippen LogP contribution in [0, 0.1) is 10.1 Å². The number of nitrogens with one attached hydrogen (secondary N) is 5. The van der Waals surface area contributed by atoms with Crippen molar-refractivity contribution >= 4 is 57.8 Å². The number of nitrogens with zero attached hydrogens (tertiary/aromatic N) is 2. The fourth-order valence-corrected chi connectivity index (χ4v) is 6.34. The van der Waals surface area contributed by atoms with Crippen LogP contribution in [0.1, 0.15) is 43.7 Å². The quantitative estimate of drug-likeness (QED) is 0.0732. The third-order valence-corrected chi connectivity index (χ3v) is 9.15. The van der Waals surface area contributed by atoms with Gasteiger partial charge in [-0.2, -0.15) is 0 Å². The molecule has 16 heteroatoms. The molecule has 282 valence electrons. The van der Waals surface area contributed by atoms with E-state index < -0.39 is 71.0 Å². The fourth-order valence-electron chi connectivity index (χ4n) is 6.34. The number of aromatic amines is 1. The molecule has 16 nitrogen and oxygen atoms in total. The highest BCUT2D eigenvalue weighted by molar-refractivity contribution is 6.00. The lowest BCUT2D eigenvalue weighted by atomic mass is 10.0. The summed E-state index contributed by atoms with van der Waals surface area (Å²) in [5, 5.41) is 31.6. The van der Waals surface area contributed by atoms with Crippen LogP contribution < -0.4 is 21.3 Å². The van der Waals surface area contributed by atoms with Gasteiger partial charge >= 0.3 is 5.97 Å². The number of nitro groups is 1. The van der Waals surface area contributed by atoms with Gasteiger partial charge in [-0.15, -0.1) is 0 Å². The van der Waals surface area contributed by atoms with E-state index >= 15 is 0 Å². The van der Waals surface area contributed by atoms with Crippen molar-refractivity contribution in [2.75, 3.05) is 11.9 Å². The molecule has 0 bridgehead atoms. The molecular formula is C38H41N7O9. The maximum atomic E-state index is 14.3. The first-order chi connectivity index (χ1) is 25.9. The summed E-state index contributed by atoms with van der Waals surface area (Å²) < 4.78 is 0. The topological polar surface area (TPSA) is 233 Å². The van der Waals surface area contributed by atoms with E-state index in [4.69, 9.17) is 5.11 Å². The van der Waals surface area contributed by atoms with Crippen LogP contribution >= 0.6 is 0 Å². The maximum Gasteiger partial charge on any atom is 0.303 e. The van der Waals surface area contributed by atoms with Gasteiger partial charge in [0.1, 0.15) is 24.2 Å². The van der Waals surface area contributed by atoms with E-state index in [0.717, 1.165) is 22.0 Å². The van der Waals surface area contributed by atoms with Crippen LogP contribution in [0.4, 0.5) is 11.4 Å². The highest BCUT2D eigenvalue weighted by Crippen LogP contribution is 2.24. The zero-order chi connectivity index (χ0) is 38.8. The summed E-state index contributed by atoms with van der Waals surface area (Å²) in [5.74, 6) is -4.16. The van der Waals surface area contributed by atoms with Gasteiger partial charge in [0.05, 0.1) is 11.3 Å². The lowest BCUT2D eigenvalue weighted by Gasteiger charge is -2.30. The molecule has 6 N–H and O–H groups in total. The molecule has 4 atom stereocenters. The number of carbonyl (C=O) groups excluding carboxylic acids is 5. The van der Waals surface area contributed by atoms with Crippen molar-refractivity contribution in [3.63, 3.8) is 0 Å². The Morgan fingerprint density at radius 3 is 2.28 bits per heavy atom. The molecule has 0 radical (unpaired) electrons. The van der Waals surface area contributed by atoms with Gasteiger partial charge < -0.3 is 36.3 Å². The number of carboxylic acids is 1. The van der Waals surface area contributed by atoms with Gasteiger partial charge in [0.25, 0.3) is 5.69 Å². The second kappa shape index (κ2) is 17.8. The summed E-state index contributed by atoms with van der Waals surface area (Å²) in [6, 6.07) is 17.4.